The van der Waals surface area contributed by atoms with Crippen molar-refractivity contribution in [1.82, 2.24) is 25.6 Å². The zero-order valence-electron chi connectivity index (χ0n) is 15.0. The summed E-state index contributed by atoms with van der Waals surface area (Å²) in [6.07, 6.45) is 0. The minimum Gasteiger partial charge on any atom is -0.493 e. The van der Waals surface area contributed by atoms with Crippen LogP contribution in [0, 0.1) is 0 Å². The van der Waals surface area contributed by atoms with E-state index < -0.39 is 5.91 Å². The SMILES string of the molecule is COc1ccc2[nH]c(C(=O)Nc3nn[nH]n3)c(Sc3ccccc3)c2c1OC. The van der Waals surface area contributed by atoms with Gasteiger partial charge in [0.15, 0.2) is 11.5 Å². The largest absolute Gasteiger partial charge is 0.493 e. The first kappa shape index (κ1) is 17.9. The van der Waals surface area contributed by atoms with Crippen LogP contribution in [0.4, 0.5) is 5.95 Å². The van der Waals surface area contributed by atoms with Crippen molar-refractivity contribution in [3.05, 3.63) is 48.2 Å². The number of nitrogens with zero attached hydrogens (tertiary/aromatic N) is 3. The Hall–Kier alpha value is -3.53. The summed E-state index contributed by atoms with van der Waals surface area (Å²) in [5.41, 5.74) is 1.11. The highest BCUT2D eigenvalue weighted by Gasteiger charge is 2.24. The van der Waals surface area contributed by atoms with E-state index in [1.165, 1.54) is 11.8 Å². The maximum atomic E-state index is 12.9. The molecule has 0 saturated heterocycles. The number of methoxy groups -OCH3 is 2. The van der Waals surface area contributed by atoms with Gasteiger partial charge in [-0.1, -0.05) is 35.1 Å². The summed E-state index contributed by atoms with van der Waals surface area (Å²) in [4.78, 5) is 17.7. The average Bonchev–Trinajstić information content (AvgIpc) is 3.36. The Morgan fingerprint density at radius 1 is 1.11 bits per heavy atom. The highest BCUT2D eigenvalue weighted by Crippen LogP contribution is 2.44. The van der Waals surface area contributed by atoms with Crippen molar-refractivity contribution in [3.8, 4) is 11.5 Å². The number of hydrogen-bond acceptors (Lipinski definition) is 7. The number of carbonyl (C=O) groups excluding carboxylic acids is 1. The summed E-state index contributed by atoms with van der Waals surface area (Å²) in [6, 6.07) is 13.4. The van der Waals surface area contributed by atoms with Crippen molar-refractivity contribution in [2.45, 2.75) is 9.79 Å². The molecule has 2 aromatic heterocycles. The molecule has 9 nitrogen and oxygen atoms in total. The summed E-state index contributed by atoms with van der Waals surface area (Å²) < 4.78 is 11.0. The molecule has 2 aromatic carbocycles. The van der Waals surface area contributed by atoms with Crippen LogP contribution in [-0.2, 0) is 0 Å². The van der Waals surface area contributed by atoms with E-state index in [2.05, 4.69) is 30.9 Å². The molecule has 3 N–H and O–H groups in total. The molecule has 0 aliphatic heterocycles. The van der Waals surface area contributed by atoms with Crippen LogP contribution in [0.5, 0.6) is 11.5 Å². The van der Waals surface area contributed by atoms with E-state index in [4.69, 9.17) is 9.47 Å². The van der Waals surface area contributed by atoms with E-state index in [1.807, 2.05) is 36.4 Å². The Kier molecular flexibility index (Phi) is 4.85. The molecule has 1 amide bonds. The number of amides is 1. The van der Waals surface area contributed by atoms with Crippen molar-refractivity contribution in [3.63, 3.8) is 0 Å². The maximum Gasteiger partial charge on any atom is 0.275 e. The number of anilines is 1. The smallest absolute Gasteiger partial charge is 0.275 e. The fraction of sp³-hybridized carbons (Fsp3) is 0.111. The quantitative estimate of drug-likeness (QED) is 0.458. The third kappa shape index (κ3) is 3.25. The van der Waals surface area contributed by atoms with Crippen LogP contribution >= 0.6 is 11.8 Å². The number of benzene rings is 2. The van der Waals surface area contributed by atoms with Gasteiger partial charge in [-0.15, -0.1) is 5.10 Å². The fourth-order valence-corrected chi connectivity index (χ4v) is 3.90. The number of fused-ring (bicyclic) bond motifs is 1. The van der Waals surface area contributed by atoms with Crippen molar-refractivity contribution >= 4 is 34.5 Å². The predicted octanol–water partition coefficient (Wildman–Crippen LogP) is 3.10. The minimum atomic E-state index is -0.392. The highest BCUT2D eigenvalue weighted by molar-refractivity contribution is 7.99. The highest BCUT2D eigenvalue weighted by atomic mass is 32.2. The van der Waals surface area contributed by atoms with Crippen molar-refractivity contribution in [2.24, 2.45) is 0 Å². The van der Waals surface area contributed by atoms with Gasteiger partial charge in [-0.05, 0) is 29.5 Å². The monoisotopic (exact) mass is 396 g/mol. The normalized spacial score (nSPS) is 10.8. The number of nitrogens with one attached hydrogen (secondary N) is 3. The molecule has 0 aliphatic rings. The van der Waals surface area contributed by atoms with E-state index in [1.54, 1.807) is 20.3 Å². The summed E-state index contributed by atoms with van der Waals surface area (Å²) in [5, 5.41) is 16.7. The third-order valence-electron chi connectivity index (χ3n) is 4.02. The van der Waals surface area contributed by atoms with Crippen LogP contribution in [0.3, 0.4) is 0 Å². The number of carbonyl (C=O) groups is 1. The molecule has 0 bridgehead atoms. The molecule has 28 heavy (non-hydrogen) atoms. The first-order valence-corrected chi connectivity index (χ1v) is 9.07. The molecular weight excluding hydrogens is 380 g/mol. The van der Waals surface area contributed by atoms with E-state index in [9.17, 15) is 4.79 Å². The van der Waals surface area contributed by atoms with Gasteiger partial charge in [0.05, 0.1) is 30.0 Å². The van der Waals surface area contributed by atoms with Crippen LogP contribution < -0.4 is 14.8 Å². The van der Waals surface area contributed by atoms with Crippen LogP contribution in [0.15, 0.2) is 52.3 Å². The average molecular weight is 396 g/mol. The summed E-state index contributed by atoms with van der Waals surface area (Å²) in [7, 11) is 3.14. The maximum absolute atomic E-state index is 12.9. The third-order valence-corrected chi connectivity index (χ3v) is 5.14. The number of tetrazole rings is 1. The standard InChI is InChI=1S/C18H16N6O3S/c1-26-12-9-8-11-13(15(12)27-2)16(28-10-6-4-3-5-7-10)14(19-11)17(25)20-18-21-23-24-22-18/h3-9,19H,1-2H3,(H2,20,21,22,23,24,25). The second kappa shape index (κ2) is 7.61. The lowest BCUT2D eigenvalue weighted by atomic mass is 10.2. The molecule has 0 fully saturated rings. The Balaban J connectivity index is 1.87. The van der Waals surface area contributed by atoms with Crippen LogP contribution in [0.25, 0.3) is 10.9 Å². The lowest BCUT2D eigenvalue weighted by Gasteiger charge is -2.10. The number of aromatic nitrogens is 5. The molecule has 142 valence electrons. The van der Waals surface area contributed by atoms with Gasteiger partial charge in [0.2, 0.25) is 0 Å². The topological polar surface area (TPSA) is 118 Å². The van der Waals surface area contributed by atoms with Crippen molar-refractivity contribution in [1.29, 1.82) is 0 Å². The molecule has 0 aliphatic carbocycles. The van der Waals surface area contributed by atoms with Gasteiger partial charge in [0.25, 0.3) is 11.9 Å². The van der Waals surface area contributed by atoms with Crippen molar-refractivity contribution < 1.29 is 14.3 Å². The van der Waals surface area contributed by atoms with E-state index >= 15 is 0 Å². The first-order valence-electron chi connectivity index (χ1n) is 8.25. The van der Waals surface area contributed by atoms with Gasteiger partial charge in [0, 0.05) is 4.90 Å². The van der Waals surface area contributed by atoms with Gasteiger partial charge >= 0.3 is 0 Å². The van der Waals surface area contributed by atoms with Gasteiger partial charge in [-0.25, -0.2) is 0 Å². The summed E-state index contributed by atoms with van der Waals surface area (Å²) in [5.74, 6) is 0.822. The number of rotatable bonds is 6. The van der Waals surface area contributed by atoms with Gasteiger partial charge in [0.1, 0.15) is 5.69 Å². The first-order chi connectivity index (χ1) is 13.7. The van der Waals surface area contributed by atoms with Gasteiger partial charge in [-0.3, -0.25) is 10.1 Å². The molecule has 0 radical (unpaired) electrons. The molecule has 4 aromatic rings. The molecule has 0 atom stereocenters. The van der Waals surface area contributed by atoms with Crippen LogP contribution in [0.2, 0.25) is 0 Å². The lowest BCUT2D eigenvalue weighted by molar-refractivity contribution is 0.101. The lowest BCUT2D eigenvalue weighted by Crippen LogP contribution is -2.14. The zero-order valence-corrected chi connectivity index (χ0v) is 15.8. The Bertz CT molecular complexity index is 1110. The molecule has 0 spiro atoms. The summed E-state index contributed by atoms with van der Waals surface area (Å²) >= 11 is 1.45. The Morgan fingerprint density at radius 2 is 1.93 bits per heavy atom. The summed E-state index contributed by atoms with van der Waals surface area (Å²) in [6.45, 7) is 0. The number of H-pyrrole nitrogens is 2. The van der Waals surface area contributed by atoms with Crippen LogP contribution in [-0.4, -0.2) is 45.7 Å². The minimum absolute atomic E-state index is 0.0869. The molecule has 2 heterocycles. The molecule has 10 heteroatoms. The van der Waals surface area contributed by atoms with E-state index in [0.29, 0.717) is 22.1 Å². The molecular formula is C18H16N6O3S. The van der Waals surface area contributed by atoms with Crippen molar-refractivity contribution in [2.75, 3.05) is 19.5 Å². The Labute approximate surface area is 163 Å². The number of aromatic amines is 2. The number of hydrogen-bond donors (Lipinski definition) is 3. The Morgan fingerprint density at radius 3 is 2.61 bits per heavy atom. The predicted molar refractivity (Wildman–Crippen MR) is 104 cm³/mol. The van der Waals surface area contributed by atoms with Crippen LogP contribution in [0.1, 0.15) is 10.5 Å². The molecule has 4 rings (SSSR count). The zero-order chi connectivity index (χ0) is 19.5. The molecule has 0 saturated carbocycles. The molecule has 0 unspecified atom stereocenters. The second-order valence-electron chi connectivity index (χ2n) is 5.66. The van der Waals surface area contributed by atoms with Gasteiger partial charge in [-0.2, -0.15) is 5.21 Å². The van der Waals surface area contributed by atoms with Gasteiger partial charge < -0.3 is 14.5 Å². The second-order valence-corrected chi connectivity index (χ2v) is 6.74. The fourth-order valence-electron chi connectivity index (χ4n) is 2.82. The number of ether oxygens (including phenoxy) is 2. The van der Waals surface area contributed by atoms with E-state index in [-0.39, 0.29) is 5.95 Å². The van der Waals surface area contributed by atoms with E-state index in [0.717, 1.165) is 15.8 Å².